The van der Waals surface area contributed by atoms with E-state index in [0.29, 0.717) is 30.0 Å². The lowest BCUT2D eigenvalue weighted by atomic mass is 10.1. The van der Waals surface area contributed by atoms with E-state index >= 15 is 0 Å². The van der Waals surface area contributed by atoms with E-state index in [4.69, 9.17) is 4.74 Å². The van der Waals surface area contributed by atoms with Crippen LogP contribution in [-0.2, 0) is 9.84 Å². The van der Waals surface area contributed by atoms with Crippen molar-refractivity contribution in [2.45, 2.75) is 18.9 Å². The molecule has 0 saturated carbocycles. The molecule has 2 heterocycles. The Balaban J connectivity index is 1.96. The van der Waals surface area contributed by atoms with Gasteiger partial charge in [-0.25, -0.2) is 17.8 Å². The predicted molar refractivity (Wildman–Crippen MR) is 81.1 cm³/mol. The number of sulfone groups is 1. The Hall–Kier alpha value is -1.89. The average molecular weight is 324 g/mol. The van der Waals surface area contributed by atoms with Crippen LogP contribution >= 0.6 is 0 Å². The molecule has 1 aromatic heterocycles. The highest BCUT2D eigenvalue weighted by Crippen LogP contribution is 2.33. The molecule has 22 heavy (non-hydrogen) atoms. The second-order valence-electron chi connectivity index (χ2n) is 5.39. The standard InChI is InChI=1S/C15H17FN2O3S/c1-21-14-10-11(16)2-3-13(14)15-17-6-7-18(15)12-4-8-22(19,20)9-5-12/h2-3,6-7,10,12H,4-5,8-9H2,1H3. The van der Waals surface area contributed by atoms with Gasteiger partial charge in [0.2, 0.25) is 0 Å². The molecule has 1 aromatic carbocycles. The van der Waals surface area contributed by atoms with Crippen molar-refractivity contribution in [1.29, 1.82) is 0 Å². The predicted octanol–water partition coefficient (Wildman–Crippen LogP) is 2.45. The molecule has 0 aliphatic carbocycles. The van der Waals surface area contributed by atoms with Gasteiger partial charge in [0.25, 0.3) is 0 Å². The Labute approximate surface area is 128 Å². The van der Waals surface area contributed by atoms with E-state index < -0.39 is 9.84 Å². The molecule has 0 atom stereocenters. The fraction of sp³-hybridized carbons (Fsp3) is 0.400. The minimum atomic E-state index is -2.91. The van der Waals surface area contributed by atoms with Gasteiger partial charge in [-0.2, -0.15) is 0 Å². The fourth-order valence-electron chi connectivity index (χ4n) is 2.82. The third kappa shape index (κ3) is 2.85. The molecule has 0 radical (unpaired) electrons. The van der Waals surface area contributed by atoms with Gasteiger partial charge in [-0.1, -0.05) is 0 Å². The zero-order valence-electron chi connectivity index (χ0n) is 12.2. The summed E-state index contributed by atoms with van der Waals surface area (Å²) in [5.41, 5.74) is 0.697. The zero-order chi connectivity index (χ0) is 15.7. The van der Waals surface area contributed by atoms with Crippen molar-refractivity contribution < 1.29 is 17.5 Å². The summed E-state index contributed by atoms with van der Waals surface area (Å²) >= 11 is 0. The molecule has 1 saturated heterocycles. The molecule has 7 heteroatoms. The van der Waals surface area contributed by atoms with Crippen LogP contribution in [-0.4, -0.2) is 36.6 Å². The van der Waals surface area contributed by atoms with Gasteiger partial charge in [0.05, 0.1) is 24.2 Å². The van der Waals surface area contributed by atoms with Crippen LogP contribution < -0.4 is 4.74 Å². The number of hydrogen-bond acceptors (Lipinski definition) is 4. The largest absolute Gasteiger partial charge is 0.496 e. The molecule has 3 rings (SSSR count). The van der Waals surface area contributed by atoms with Crippen molar-refractivity contribution in [2.24, 2.45) is 0 Å². The average Bonchev–Trinajstić information content (AvgIpc) is 2.96. The first-order valence-corrected chi connectivity index (χ1v) is 8.89. The maximum atomic E-state index is 13.3. The van der Waals surface area contributed by atoms with Gasteiger partial charge in [0.15, 0.2) is 0 Å². The molecule has 1 fully saturated rings. The lowest BCUT2D eigenvalue weighted by Gasteiger charge is -2.25. The van der Waals surface area contributed by atoms with Gasteiger partial charge in [0, 0.05) is 24.5 Å². The van der Waals surface area contributed by atoms with E-state index in [1.807, 2.05) is 10.8 Å². The summed E-state index contributed by atoms with van der Waals surface area (Å²) in [4.78, 5) is 4.35. The van der Waals surface area contributed by atoms with Crippen LogP contribution in [0.1, 0.15) is 18.9 Å². The number of rotatable bonds is 3. The monoisotopic (exact) mass is 324 g/mol. The number of aromatic nitrogens is 2. The Bertz CT molecular complexity index is 772. The lowest BCUT2D eigenvalue weighted by molar-refractivity contribution is 0.410. The molecule has 1 aliphatic heterocycles. The summed E-state index contributed by atoms with van der Waals surface area (Å²) in [6.45, 7) is 0. The molecule has 0 N–H and O–H groups in total. The number of hydrogen-bond donors (Lipinski definition) is 0. The molecule has 0 spiro atoms. The number of imidazole rings is 1. The second kappa shape index (κ2) is 5.72. The molecule has 1 aliphatic rings. The van der Waals surface area contributed by atoms with Gasteiger partial charge in [-0.3, -0.25) is 0 Å². The summed E-state index contributed by atoms with van der Waals surface area (Å²) in [5, 5.41) is 0. The number of benzene rings is 1. The van der Waals surface area contributed by atoms with Crippen LogP contribution in [0.25, 0.3) is 11.4 Å². The van der Waals surface area contributed by atoms with Crippen molar-refractivity contribution in [3.05, 3.63) is 36.4 Å². The number of methoxy groups -OCH3 is 1. The first-order valence-electron chi connectivity index (χ1n) is 7.07. The normalized spacial score (nSPS) is 18.3. The molecule has 0 bridgehead atoms. The molecular weight excluding hydrogens is 307 g/mol. The van der Waals surface area contributed by atoms with E-state index in [1.54, 1.807) is 12.3 Å². The van der Waals surface area contributed by atoms with E-state index in [9.17, 15) is 12.8 Å². The molecule has 0 unspecified atom stereocenters. The Morgan fingerprint density at radius 1 is 1.32 bits per heavy atom. The molecule has 2 aromatic rings. The summed E-state index contributed by atoms with van der Waals surface area (Å²) in [6.07, 6.45) is 4.63. The van der Waals surface area contributed by atoms with E-state index in [0.717, 1.165) is 0 Å². The van der Waals surface area contributed by atoms with Crippen molar-refractivity contribution in [2.75, 3.05) is 18.6 Å². The lowest BCUT2D eigenvalue weighted by Crippen LogP contribution is -2.25. The highest BCUT2D eigenvalue weighted by molar-refractivity contribution is 7.91. The van der Waals surface area contributed by atoms with Crippen LogP contribution in [0, 0.1) is 5.82 Å². The molecular formula is C15H17FN2O3S. The molecule has 118 valence electrons. The maximum absolute atomic E-state index is 13.3. The highest BCUT2D eigenvalue weighted by Gasteiger charge is 2.26. The smallest absolute Gasteiger partial charge is 0.150 e. The third-order valence-electron chi connectivity index (χ3n) is 3.99. The van der Waals surface area contributed by atoms with Gasteiger partial charge in [0.1, 0.15) is 27.2 Å². The second-order valence-corrected chi connectivity index (χ2v) is 7.69. The Morgan fingerprint density at radius 3 is 2.73 bits per heavy atom. The minimum absolute atomic E-state index is 0.0794. The highest BCUT2D eigenvalue weighted by atomic mass is 32.2. The van der Waals surface area contributed by atoms with Crippen LogP contribution in [0.4, 0.5) is 4.39 Å². The fourth-order valence-corrected chi connectivity index (χ4v) is 4.29. The van der Waals surface area contributed by atoms with E-state index in [-0.39, 0.29) is 23.4 Å². The first-order chi connectivity index (χ1) is 10.5. The van der Waals surface area contributed by atoms with Gasteiger partial charge in [-0.15, -0.1) is 0 Å². The SMILES string of the molecule is COc1cc(F)ccc1-c1nccn1C1CCS(=O)(=O)CC1. The summed E-state index contributed by atoms with van der Waals surface area (Å²) in [6, 6.07) is 4.39. The van der Waals surface area contributed by atoms with Crippen LogP contribution in [0.15, 0.2) is 30.6 Å². The third-order valence-corrected chi connectivity index (χ3v) is 5.71. The van der Waals surface area contributed by atoms with Crippen LogP contribution in [0.3, 0.4) is 0 Å². The summed E-state index contributed by atoms with van der Waals surface area (Å²) in [5.74, 6) is 1.09. The molecule has 5 nitrogen and oxygen atoms in total. The number of ether oxygens (including phenoxy) is 1. The van der Waals surface area contributed by atoms with Crippen LogP contribution in [0.2, 0.25) is 0 Å². The van der Waals surface area contributed by atoms with E-state index in [1.165, 1.54) is 19.2 Å². The van der Waals surface area contributed by atoms with Crippen molar-refractivity contribution >= 4 is 9.84 Å². The van der Waals surface area contributed by atoms with Gasteiger partial charge < -0.3 is 9.30 Å². The van der Waals surface area contributed by atoms with Crippen LogP contribution in [0.5, 0.6) is 5.75 Å². The van der Waals surface area contributed by atoms with Crippen molar-refractivity contribution in [1.82, 2.24) is 9.55 Å². The Kier molecular flexibility index (Phi) is 3.90. The maximum Gasteiger partial charge on any atom is 0.150 e. The van der Waals surface area contributed by atoms with E-state index in [2.05, 4.69) is 4.98 Å². The molecule has 0 amide bonds. The quantitative estimate of drug-likeness (QED) is 0.870. The zero-order valence-corrected chi connectivity index (χ0v) is 13.0. The topological polar surface area (TPSA) is 61.2 Å². The summed E-state index contributed by atoms with van der Waals surface area (Å²) in [7, 11) is -1.43. The minimum Gasteiger partial charge on any atom is -0.496 e. The van der Waals surface area contributed by atoms with Crippen molar-refractivity contribution in [3.63, 3.8) is 0 Å². The van der Waals surface area contributed by atoms with Crippen molar-refractivity contribution in [3.8, 4) is 17.1 Å². The Morgan fingerprint density at radius 2 is 2.05 bits per heavy atom. The first kappa shape index (κ1) is 15.0. The summed E-state index contributed by atoms with van der Waals surface area (Å²) < 4.78 is 43.7. The van der Waals surface area contributed by atoms with Gasteiger partial charge >= 0.3 is 0 Å². The van der Waals surface area contributed by atoms with Gasteiger partial charge in [-0.05, 0) is 25.0 Å². The number of nitrogens with zero attached hydrogens (tertiary/aromatic N) is 2. The number of halogens is 1.